The third-order valence-corrected chi connectivity index (χ3v) is 3.66. The van der Waals surface area contributed by atoms with E-state index in [1.165, 1.54) is 5.56 Å². The van der Waals surface area contributed by atoms with E-state index >= 15 is 0 Å². The predicted molar refractivity (Wildman–Crippen MR) is 78.2 cm³/mol. The summed E-state index contributed by atoms with van der Waals surface area (Å²) in [5, 5.41) is 9.03. The number of carbonyl (C=O) groups is 1. The smallest absolute Gasteiger partial charge is 0.232 e. The van der Waals surface area contributed by atoms with E-state index in [0.717, 1.165) is 12.0 Å². The van der Waals surface area contributed by atoms with Gasteiger partial charge in [-0.2, -0.15) is 0 Å². The molecular weight excluding hydrogens is 238 g/mol. The molecule has 0 aliphatic rings. The van der Waals surface area contributed by atoms with Crippen LogP contribution in [0.2, 0.25) is 0 Å². The molecule has 0 radical (unpaired) electrons. The van der Waals surface area contributed by atoms with Crippen molar-refractivity contribution in [3.05, 3.63) is 35.4 Å². The Balaban J connectivity index is 2.96. The molecule has 0 unspecified atom stereocenters. The summed E-state index contributed by atoms with van der Waals surface area (Å²) in [4.78, 5) is 14.3. The first kappa shape index (κ1) is 15.7. The molecule has 0 aliphatic heterocycles. The van der Waals surface area contributed by atoms with Gasteiger partial charge in [-0.05, 0) is 38.3 Å². The summed E-state index contributed by atoms with van der Waals surface area (Å²) in [6.07, 6.45) is 1.00. The third kappa shape index (κ3) is 3.57. The second-order valence-corrected chi connectivity index (χ2v) is 5.28. The predicted octanol–water partition coefficient (Wildman–Crippen LogP) is 2.37. The van der Waals surface area contributed by atoms with Gasteiger partial charge in [0.05, 0.1) is 12.0 Å². The van der Waals surface area contributed by atoms with Crippen LogP contribution in [-0.4, -0.2) is 35.6 Å². The van der Waals surface area contributed by atoms with E-state index in [4.69, 9.17) is 5.11 Å². The van der Waals surface area contributed by atoms with E-state index < -0.39 is 5.41 Å². The van der Waals surface area contributed by atoms with Gasteiger partial charge in [0.2, 0.25) is 5.91 Å². The first-order valence-electron chi connectivity index (χ1n) is 6.97. The van der Waals surface area contributed by atoms with Gasteiger partial charge in [-0.15, -0.1) is 0 Å². The molecule has 1 aromatic rings. The minimum atomic E-state index is -0.558. The van der Waals surface area contributed by atoms with E-state index in [1.807, 2.05) is 32.9 Å². The maximum atomic E-state index is 12.6. The van der Waals surface area contributed by atoms with Crippen molar-refractivity contribution in [1.82, 2.24) is 4.90 Å². The number of aryl methyl sites for hydroxylation is 1. The Morgan fingerprint density at radius 3 is 2.21 bits per heavy atom. The fraction of sp³-hybridized carbons (Fsp3) is 0.562. The fourth-order valence-electron chi connectivity index (χ4n) is 2.20. The quantitative estimate of drug-likeness (QED) is 0.856. The maximum Gasteiger partial charge on any atom is 0.232 e. The number of aliphatic hydroxyl groups is 1. The van der Waals surface area contributed by atoms with Crippen molar-refractivity contribution < 1.29 is 9.90 Å². The molecule has 3 heteroatoms. The number of aliphatic hydroxyl groups excluding tert-OH is 1. The molecule has 0 aliphatic carbocycles. The molecule has 1 rings (SSSR count). The van der Waals surface area contributed by atoms with Crippen LogP contribution in [0.1, 0.15) is 38.8 Å². The Morgan fingerprint density at radius 1 is 1.21 bits per heavy atom. The molecule has 0 saturated carbocycles. The molecule has 3 nitrogen and oxygen atoms in total. The van der Waals surface area contributed by atoms with Gasteiger partial charge >= 0.3 is 0 Å². The zero-order valence-electron chi connectivity index (χ0n) is 12.4. The molecule has 1 aromatic carbocycles. The standard InChI is InChI=1S/C16H25NO2/c1-5-13-7-9-14(10-8-13)16(3,4)15(19)17(6-2)11-12-18/h7-10,18H,5-6,11-12H2,1-4H3. The summed E-state index contributed by atoms with van der Waals surface area (Å²) in [7, 11) is 0. The zero-order chi connectivity index (χ0) is 14.5. The highest BCUT2D eigenvalue weighted by Gasteiger charge is 2.32. The van der Waals surface area contributed by atoms with E-state index in [1.54, 1.807) is 4.90 Å². The Bertz CT molecular complexity index is 409. The van der Waals surface area contributed by atoms with E-state index in [2.05, 4.69) is 19.1 Å². The van der Waals surface area contributed by atoms with Crippen LogP contribution in [0.15, 0.2) is 24.3 Å². The van der Waals surface area contributed by atoms with Crippen LogP contribution in [0.5, 0.6) is 0 Å². The summed E-state index contributed by atoms with van der Waals surface area (Å²) >= 11 is 0. The monoisotopic (exact) mass is 263 g/mol. The van der Waals surface area contributed by atoms with Gasteiger partial charge in [0.15, 0.2) is 0 Å². The van der Waals surface area contributed by atoms with Crippen molar-refractivity contribution in [1.29, 1.82) is 0 Å². The van der Waals surface area contributed by atoms with Gasteiger partial charge in [0, 0.05) is 13.1 Å². The number of likely N-dealkylation sites (N-methyl/N-ethyl adjacent to an activating group) is 1. The minimum absolute atomic E-state index is 0.00440. The highest BCUT2D eigenvalue weighted by Crippen LogP contribution is 2.26. The lowest BCUT2D eigenvalue weighted by Gasteiger charge is -2.31. The number of nitrogens with zero attached hydrogens (tertiary/aromatic N) is 1. The van der Waals surface area contributed by atoms with Crippen molar-refractivity contribution in [2.45, 2.75) is 39.5 Å². The molecule has 0 spiro atoms. The molecule has 1 amide bonds. The summed E-state index contributed by atoms with van der Waals surface area (Å²) in [5.74, 6) is 0.0632. The number of carbonyl (C=O) groups excluding carboxylic acids is 1. The topological polar surface area (TPSA) is 40.5 Å². The lowest BCUT2D eigenvalue weighted by atomic mass is 9.82. The van der Waals surface area contributed by atoms with E-state index in [0.29, 0.717) is 13.1 Å². The Hall–Kier alpha value is -1.35. The van der Waals surface area contributed by atoms with Crippen molar-refractivity contribution in [2.24, 2.45) is 0 Å². The first-order chi connectivity index (χ1) is 8.97. The lowest BCUT2D eigenvalue weighted by molar-refractivity contribution is -0.136. The van der Waals surface area contributed by atoms with Crippen LogP contribution < -0.4 is 0 Å². The van der Waals surface area contributed by atoms with Crippen LogP contribution in [0.25, 0.3) is 0 Å². The summed E-state index contributed by atoms with van der Waals surface area (Å²) in [6.45, 7) is 8.95. The Labute approximate surface area is 116 Å². The second kappa shape index (κ2) is 6.71. The van der Waals surface area contributed by atoms with Crippen LogP contribution in [0.3, 0.4) is 0 Å². The SMILES string of the molecule is CCc1ccc(C(C)(C)C(=O)N(CC)CCO)cc1. The summed E-state index contributed by atoms with van der Waals surface area (Å²) in [5.41, 5.74) is 1.73. The highest BCUT2D eigenvalue weighted by molar-refractivity contribution is 5.87. The number of amides is 1. The van der Waals surface area contributed by atoms with Crippen LogP contribution in [0, 0.1) is 0 Å². The molecule has 0 fully saturated rings. The van der Waals surface area contributed by atoms with Crippen LogP contribution in [-0.2, 0) is 16.6 Å². The van der Waals surface area contributed by atoms with Crippen molar-refractivity contribution >= 4 is 5.91 Å². The fourth-order valence-corrected chi connectivity index (χ4v) is 2.20. The molecule has 0 heterocycles. The highest BCUT2D eigenvalue weighted by atomic mass is 16.3. The largest absolute Gasteiger partial charge is 0.395 e. The molecule has 0 bridgehead atoms. The number of rotatable bonds is 6. The van der Waals surface area contributed by atoms with Gasteiger partial charge in [0.25, 0.3) is 0 Å². The molecule has 106 valence electrons. The second-order valence-electron chi connectivity index (χ2n) is 5.28. The number of benzene rings is 1. The zero-order valence-corrected chi connectivity index (χ0v) is 12.4. The normalized spacial score (nSPS) is 11.4. The lowest BCUT2D eigenvalue weighted by Crippen LogP contribution is -2.44. The van der Waals surface area contributed by atoms with Crippen molar-refractivity contribution in [3.8, 4) is 0 Å². The van der Waals surface area contributed by atoms with Gasteiger partial charge < -0.3 is 10.0 Å². The van der Waals surface area contributed by atoms with Gasteiger partial charge in [-0.3, -0.25) is 4.79 Å². The molecule has 0 atom stereocenters. The molecule has 0 saturated heterocycles. The van der Waals surface area contributed by atoms with E-state index in [9.17, 15) is 4.79 Å². The minimum Gasteiger partial charge on any atom is -0.395 e. The number of hydrogen-bond acceptors (Lipinski definition) is 2. The number of hydrogen-bond donors (Lipinski definition) is 1. The van der Waals surface area contributed by atoms with Crippen molar-refractivity contribution in [2.75, 3.05) is 19.7 Å². The maximum absolute atomic E-state index is 12.6. The van der Waals surface area contributed by atoms with Crippen LogP contribution in [0.4, 0.5) is 0 Å². The summed E-state index contributed by atoms with van der Waals surface area (Å²) in [6, 6.07) is 8.21. The van der Waals surface area contributed by atoms with Gasteiger partial charge in [0.1, 0.15) is 0 Å². The molecule has 1 N–H and O–H groups in total. The first-order valence-corrected chi connectivity index (χ1v) is 6.97. The van der Waals surface area contributed by atoms with E-state index in [-0.39, 0.29) is 12.5 Å². The third-order valence-electron chi connectivity index (χ3n) is 3.66. The molecule has 0 aromatic heterocycles. The van der Waals surface area contributed by atoms with Crippen molar-refractivity contribution in [3.63, 3.8) is 0 Å². The average Bonchev–Trinajstić information content (AvgIpc) is 2.44. The van der Waals surface area contributed by atoms with Gasteiger partial charge in [-0.1, -0.05) is 31.2 Å². The average molecular weight is 263 g/mol. The molecular formula is C16H25NO2. The van der Waals surface area contributed by atoms with Gasteiger partial charge in [-0.25, -0.2) is 0 Å². The van der Waals surface area contributed by atoms with Crippen LogP contribution >= 0.6 is 0 Å². The Morgan fingerprint density at radius 2 is 1.79 bits per heavy atom. The Kier molecular flexibility index (Phi) is 5.55. The molecule has 19 heavy (non-hydrogen) atoms. The summed E-state index contributed by atoms with van der Waals surface area (Å²) < 4.78 is 0.